The highest BCUT2D eigenvalue weighted by Gasteiger charge is 2.37. The fraction of sp³-hybridized carbons (Fsp3) is 0.345. The van der Waals surface area contributed by atoms with Gasteiger partial charge in [-0.05, 0) is 73.5 Å². The Bertz CT molecular complexity index is 1610. The van der Waals surface area contributed by atoms with Gasteiger partial charge in [-0.25, -0.2) is 16.8 Å². The molecule has 1 N–H and O–H groups in total. The van der Waals surface area contributed by atoms with E-state index in [9.17, 15) is 21.6 Å². The normalized spacial score (nSPS) is 17.5. The molecular formula is C29H33N3O8S2. The van der Waals surface area contributed by atoms with Gasteiger partial charge in [0.2, 0.25) is 10.0 Å². The molecule has 5 rings (SSSR count). The Morgan fingerprint density at radius 3 is 2.14 bits per heavy atom. The summed E-state index contributed by atoms with van der Waals surface area (Å²) in [5, 5.41) is 2.73. The maximum Gasteiger partial charge on any atom is 0.264 e. The van der Waals surface area contributed by atoms with Crippen LogP contribution in [0.3, 0.4) is 0 Å². The molecule has 1 unspecified atom stereocenters. The van der Waals surface area contributed by atoms with Gasteiger partial charge in [0.25, 0.3) is 15.9 Å². The number of sulfonamides is 2. The average molecular weight is 616 g/mol. The molecule has 0 spiro atoms. The first-order valence-corrected chi connectivity index (χ1v) is 16.5. The van der Waals surface area contributed by atoms with Crippen LogP contribution < -0.4 is 23.8 Å². The highest BCUT2D eigenvalue weighted by atomic mass is 32.2. The molecule has 13 heteroatoms. The van der Waals surface area contributed by atoms with E-state index in [1.807, 2.05) is 0 Å². The highest BCUT2D eigenvalue weighted by Crippen LogP contribution is 2.37. The van der Waals surface area contributed by atoms with Gasteiger partial charge in [0.1, 0.15) is 23.9 Å². The van der Waals surface area contributed by atoms with Gasteiger partial charge in [0.05, 0.1) is 35.7 Å². The second kappa shape index (κ2) is 12.6. The summed E-state index contributed by atoms with van der Waals surface area (Å²) in [5.41, 5.74) is 0.339. The number of piperidine rings is 1. The third-order valence-electron chi connectivity index (χ3n) is 7.12. The molecule has 1 saturated heterocycles. The van der Waals surface area contributed by atoms with Gasteiger partial charge in [-0.1, -0.05) is 18.6 Å². The van der Waals surface area contributed by atoms with Crippen LogP contribution >= 0.6 is 0 Å². The van der Waals surface area contributed by atoms with Crippen molar-refractivity contribution in [1.82, 2.24) is 9.62 Å². The minimum absolute atomic E-state index is 0.0577. The average Bonchev–Trinajstić information content (AvgIpc) is 3.03. The number of para-hydroxylation sites is 2. The first-order chi connectivity index (χ1) is 20.2. The van der Waals surface area contributed by atoms with Crippen molar-refractivity contribution < 1.29 is 35.8 Å². The summed E-state index contributed by atoms with van der Waals surface area (Å²) in [6, 6.07) is 18.9. The number of ether oxygens (including phenoxy) is 3. The number of benzene rings is 3. The third-order valence-corrected chi connectivity index (χ3v) is 10.8. The number of methoxy groups -OCH3 is 1. The van der Waals surface area contributed by atoms with Crippen molar-refractivity contribution >= 4 is 31.6 Å². The molecule has 0 aliphatic carbocycles. The van der Waals surface area contributed by atoms with Crippen LogP contribution in [-0.4, -0.2) is 73.0 Å². The number of carbonyl (C=O) groups is 1. The van der Waals surface area contributed by atoms with E-state index in [1.165, 1.54) is 40.0 Å². The topological polar surface area (TPSA) is 132 Å². The van der Waals surface area contributed by atoms with Crippen LogP contribution in [-0.2, 0) is 24.8 Å². The molecule has 0 saturated carbocycles. The smallest absolute Gasteiger partial charge is 0.264 e. The van der Waals surface area contributed by atoms with Gasteiger partial charge in [-0.3, -0.25) is 9.10 Å². The van der Waals surface area contributed by atoms with Crippen molar-refractivity contribution in [1.29, 1.82) is 0 Å². The quantitative estimate of drug-likeness (QED) is 0.345. The maximum absolute atomic E-state index is 13.5. The van der Waals surface area contributed by atoms with Crippen molar-refractivity contribution in [2.45, 2.75) is 35.2 Å². The fourth-order valence-electron chi connectivity index (χ4n) is 4.86. The standard InChI is InChI=1S/C29H33N3O8S2/c1-38-22-9-13-25(14-10-22)42(36,37)32-21-28(40-27-8-4-3-7-26(27)32)29(33)30-17-20-39-23-11-15-24(16-12-23)41(34,35)31-18-5-2-6-19-31/h3-4,7-16,28H,2,5-6,17-21H2,1H3,(H,30,33). The number of hydrogen-bond donors (Lipinski definition) is 1. The van der Waals surface area contributed by atoms with Gasteiger partial charge >= 0.3 is 0 Å². The predicted octanol–water partition coefficient (Wildman–Crippen LogP) is 3.02. The first kappa shape index (κ1) is 29.7. The van der Waals surface area contributed by atoms with Crippen LogP contribution in [0.4, 0.5) is 5.69 Å². The summed E-state index contributed by atoms with van der Waals surface area (Å²) in [7, 11) is -6.04. The number of amides is 1. The monoisotopic (exact) mass is 615 g/mol. The zero-order valence-electron chi connectivity index (χ0n) is 23.1. The molecule has 3 aromatic carbocycles. The minimum atomic E-state index is -4.00. The fourth-order valence-corrected chi connectivity index (χ4v) is 7.85. The number of fused-ring (bicyclic) bond motifs is 1. The van der Waals surface area contributed by atoms with Crippen molar-refractivity contribution in [2.75, 3.05) is 44.2 Å². The Morgan fingerprint density at radius 2 is 1.48 bits per heavy atom. The Balaban J connectivity index is 1.19. The van der Waals surface area contributed by atoms with Crippen LogP contribution in [0.2, 0.25) is 0 Å². The molecule has 0 bridgehead atoms. The van der Waals surface area contributed by atoms with Gasteiger partial charge in [-0.15, -0.1) is 0 Å². The summed E-state index contributed by atoms with van der Waals surface area (Å²) in [6.45, 7) is 1.08. The van der Waals surface area contributed by atoms with E-state index < -0.39 is 32.1 Å². The lowest BCUT2D eigenvalue weighted by Gasteiger charge is -2.34. The second-order valence-electron chi connectivity index (χ2n) is 9.86. The predicted molar refractivity (Wildman–Crippen MR) is 156 cm³/mol. The lowest BCUT2D eigenvalue weighted by molar-refractivity contribution is -0.127. The lowest BCUT2D eigenvalue weighted by Crippen LogP contribution is -2.51. The van der Waals surface area contributed by atoms with E-state index >= 15 is 0 Å². The summed E-state index contributed by atoms with van der Waals surface area (Å²) in [5.74, 6) is 0.763. The molecule has 42 heavy (non-hydrogen) atoms. The number of hydrogen-bond acceptors (Lipinski definition) is 8. The zero-order valence-corrected chi connectivity index (χ0v) is 24.8. The molecule has 1 fully saturated rings. The first-order valence-electron chi connectivity index (χ1n) is 13.6. The Morgan fingerprint density at radius 1 is 0.857 bits per heavy atom. The number of nitrogens with zero attached hydrogens (tertiary/aromatic N) is 2. The molecule has 224 valence electrons. The Kier molecular flexibility index (Phi) is 8.90. The third kappa shape index (κ3) is 6.32. The molecule has 2 aliphatic rings. The molecule has 2 aliphatic heterocycles. The van der Waals surface area contributed by atoms with Gasteiger partial charge in [0, 0.05) is 13.1 Å². The minimum Gasteiger partial charge on any atom is -0.497 e. The Labute approximate surface area is 246 Å². The van der Waals surface area contributed by atoms with Crippen molar-refractivity contribution in [3.8, 4) is 17.2 Å². The summed E-state index contributed by atoms with van der Waals surface area (Å²) in [4.78, 5) is 13.3. The van der Waals surface area contributed by atoms with Crippen LogP contribution in [0, 0.1) is 0 Å². The van der Waals surface area contributed by atoms with E-state index in [0.717, 1.165) is 19.3 Å². The van der Waals surface area contributed by atoms with Crippen molar-refractivity contribution in [3.05, 3.63) is 72.8 Å². The molecule has 11 nitrogen and oxygen atoms in total. The van der Waals surface area contributed by atoms with Crippen molar-refractivity contribution in [3.63, 3.8) is 0 Å². The van der Waals surface area contributed by atoms with E-state index in [4.69, 9.17) is 14.2 Å². The molecule has 1 atom stereocenters. The summed E-state index contributed by atoms with van der Waals surface area (Å²) >= 11 is 0. The number of rotatable bonds is 10. The maximum atomic E-state index is 13.5. The van der Waals surface area contributed by atoms with E-state index in [0.29, 0.717) is 30.3 Å². The van der Waals surface area contributed by atoms with E-state index in [2.05, 4.69) is 5.32 Å². The summed E-state index contributed by atoms with van der Waals surface area (Å²) < 4.78 is 72.1. The number of anilines is 1. The number of nitrogens with one attached hydrogen (secondary N) is 1. The number of carbonyl (C=O) groups excluding carboxylic acids is 1. The SMILES string of the molecule is COc1ccc(S(=O)(=O)N2CC(C(=O)NCCOc3ccc(S(=O)(=O)N4CCCCC4)cc3)Oc3ccccc32)cc1. The zero-order chi connectivity index (χ0) is 29.7. The molecule has 0 radical (unpaired) electrons. The molecule has 0 aromatic heterocycles. The largest absolute Gasteiger partial charge is 0.497 e. The molecule has 3 aromatic rings. The second-order valence-corrected chi connectivity index (χ2v) is 13.7. The molecular weight excluding hydrogens is 582 g/mol. The van der Waals surface area contributed by atoms with Gasteiger partial charge in [0.15, 0.2) is 6.10 Å². The van der Waals surface area contributed by atoms with Gasteiger partial charge in [-0.2, -0.15) is 4.31 Å². The van der Waals surface area contributed by atoms with Crippen LogP contribution in [0.25, 0.3) is 0 Å². The van der Waals surface area contributed by atoms with Crippen LogP contribution in [0.5, 0.6) is 17.2 Å². The lowest BCUT2D eigenvalue weighted by atomic mass is 10.2. The van der Waals surface area contributed by atoms with Crippen LogP contribution in [0.1, 0.15) is 19.3 Å². The highest BCUT2D eigenvalue weighted by molar-refractivity contribution is 7.92. The van der Waals surface area contributed by atoms with Crippen molar-refractivity contribution in [2.24, 2.45) is 0 Å². The van der Waals surface area contributed by atoms with Crippen LogP contribution in [0.15, 0.2) is 82.6 Å². The summed E-state index contributed by atoms with van der Waals surface area (Å²) in [6.07, 6.45) is 1.67. The van der Waals surface area contributed by atoms with E-state index in [-0.39, 0.29) is 35.2 Å². The molecule has 2 heterocycles. The molecule has 1 amide bonds. The van der Waals surface area contributed by atoms with Gasteiger partial charge < -0.3 is 19.5 Å². The Hall–Kier alpha value is -3.81. The van der Waals surface area contributed by atoms with E-state index in [1.54, 1.807) is 48.5 Å².